The van der Waals surface area contributed by atoms with Crippen molar-refractivity contribution < 1.29 is 0 Å². The summed E-state index contributed by atoms with van der Waals surface area (Å²) in [6.45, 7) is 4.11. The van der Waals surface area contributed by atoms with Crippen LogP contribution in [0.2, 0.25) is 0 Å². The summed E-state index contributed by atoms with van der Waals surface area (Å²) >= 11 is 0. The quantitative estimate of drug-likeness (QED) is 0.575. The SMILES string of the molecule is Cc1ccc(C=CC#N)c(C)c1. The van der Waals surface area contributed by atoms with Crippen molar-refractivity contribution in [2.75, 3.05) is 0 Å². The summed E-state index contributed by atoms with van der Waals surface area (Å²) in [4.78, 5) is 0. The number of benzene rings is 1. The van der Waals surface area contributed by atoms with E-state index in [0.717, 1.165) is 5.56 Å². The molecule has 1 heteroatoms. The maximum atomic E-state index is 8.34. The fraction of sp³-hybridized carbons (Fsp3) is 0.182. The Kier molecular flexibility index (Phi) is 2.66. The molecule has 60 valence electrons. The lowest BCUT2D eigenvalue weighted by molar-refractivity contribution is 1.37. The molecule has 0 bridgehead atoms. The van der Waals surface area contributed by atoms with Crippen LogP contribution in [0.1, 0.15) is 16.7 Å². The van der Waals surface area contributed by atoms with Gasteiger partial charge in [-0.2, -0.15) is 5.26 Å². The number of allylic oxidation sites excluding steroid dienone is 1. The molecule has 0 aromatic heterocycles. The number of nitrogens with zero attached hydrogens (tertiary/aromatic N) is 1. The van der Waals surface area contributed by atoms with Gasteiger partial charge in [-0.1, -0.05) is 23.8 Å². The minimum atomic E-state index is 1.11. The minimum absolute atomic E-state index is 1.11. The summed E-state index contributed by atoms with van der Waals surface area (Å²) in [7, 11) is 0. The van der Waals surface area contributed by atoms with Crippen molar-refractivity contribution in [1.29, 1.82) is 5.26 Å². The first-order chi connectivity index (χ1) is 5.74. The Morgan fingerprint density at radius 1 is 1.33 bits per heavy atom. The molecule has 0 saturated carbocycles. The lowest BCUT2D eigenvalue weighted by Gasteiger charge is -1.99. The molecule has 0 unspecified atom stereocenters. The van der Waals surface area contributed by atoms with E-state index in [-0.39, 0.29) is 0 Å². The molecule has 0 fully saturated rings. The van der Waals surface area contributed by atoms with Crippen LogP contribution in [0.4, 0.5) is 0 Å². The zero-order chi connectivity index (χ0) is 8.97. The van der Waals surface area contributed by atoms with Crippen LogP contribution < -0.4 is 0 Å². The fourth-order valence-electron chi connectivity index (χ4n) is 1.14. The third kappa shape index (κ3) is 1.96. The van der Waals surface area contributed by atoms with Gasteiger partial charge >= 0.3 is 0 Å². The Morgan fingerprint density at radius 3 is 2.67 bits per heavy atom. The molecule has 0 saturated heterocycles. The summed E-state index contributed by atoms with van der Waals surface area (Å²) < 4.78 is 0. The van der Waals surface area contributed by atoms with Gasteiger partial charge in [0.15, 0.2) is 0 Å². The molecule has 0 aliphatic carbocycles. The molecule has 1 aromatic rings. The van der Waals surface area contributed by atoms with E-state index in [1.807, 2.05) is 31.2 Å². The van der Waals surface area contributed by atoms with E-state index in [2.05, 4.69) is 13.0 Å². The number of rotatable bonds is 1. The number of aryl methyl sites for hydroxylation is 2. The first-order valence-corrected chi connectivity index (χ1v) is 3.87. The molecular weight excluding hydrogens is 146 g/mol. The molecule has 1 rings (SSSR count). The average molecular weight is 157 g/mol. The van der Waals surface area contributed by atoms with Crippen molar-refractivity contribution in [2.45, 2.75) is 13.8 Å². The van der Waals surface area contributed by atoms with E-state index in [0.29, 0.717) is 0 Å². The van der Waals surface area contributed by atoms with Gasteiger partial charge in [-0.3, -0.25) is 0 Å². The highest BCUT2D eigenvalue weighted by atomic mass is 14.2. The Balaban J connectivity index is 3.03. The predicted octanol–water partition coefficient (Wildman–Crippen LogP) is 2.84. The Hall–Kier alpha value is -1.55. The third-order valence-corrected chi connectivity index (χ3v) is 1.76. The van der Waals surface area contributed by atoms with Crippen molar-refractivity contribution in [2.24, 2.45) is 0 Å². The number of hydrogen-bond acceptors (Lipinski definition) is 1. The predicted molar refractivity (Wildman–Crippen MR) is 50.6 cm³/mol. The monoisotopic (exact) mass is 157 g/mol. The largest absolute Gasteiger partial charge is 0.193 e. The molecule has 1 aromatic carbocycles. The van der Waals surface area contributed by atoms with Gasteiger partial charge in [0.2, 0.25) is 0 Å². The first-order valence-electron chi connectivity index (χ1n) is 3.87. The zero-order valence-electron chi connectivity index (χ0n) is 7.33. The van der Waals surface area contributed by atoms with Crippen LogP contribution in [-0.2, 0) is 0 Å². The lowest BCUT2D eigenvalue weighted by atomic mass is 10.1. The van der Waals surface area contributed by atoms with Crippen molar-refractivity contribution in [3.8, 4) is 6.07 Å². The van der Waals surface area contributed by atoms with Crippen molar-refractivity contribution in [1.82, 2.24) is 0 Å². The lowest BCUT2D eigenvalue weighted by Crippen LogP contribution is -1.81. The maximum Gasteiger partial charge on any atom is 0.0912 e. The van der Waals surface area contributed by atoms with Gasteiger partial charge < -0.3 is 0 Å². The standard InChI is InChI=1S/C11H11N/c1-9-5-6-11(4-3-7-12)10(2)8-9/h3-6,8H,1-2H3. The van der Waals surface area contributed by atoms with Crippen LogP contribution in [0.5, 0.6) is 0 Å². The van der Waals surface area contributed by atoms with E-state index in [4.69, 9.17) is 5.26 Å². The van der Waals surface area contributed by atoms with Crippen LogP contribution in [0, 0.1) is 25.2 Å². The van der Waals surface area contributed by atoms with Gasteiger partial charge in [-0.25, -0.2) is 0 Å². The third-order valence-electron chi connectivity index (χ3n) is 1.76. The summed E-state index contributed by atoms with van der Waals surface area (Å²) in [6, 6.07) is 8.16. The summed E-state index contributed by atoms with van der Waals surface area (Å²) in [5, 5.41) is 8.34. The van der Waals surface area contributed by atoms with Gasteiger partial charge in [-0.05, 0) is 31.1 Å². The van der Waals surface area contributed by atoms with E-state index in [1.165, 1.54) is 17.2 Å². The smallest absolute Gasteiger partial charge is 0.0912 e. The van der Waals surface area contributed by atoms with Gasteiger partial charge in [0.1, 0.15) is 0 Å². The van der Waals surface area contributed by atoms with Gasteiger partial charge in [0, 0.05) is 6.08 Å². The summed E-state index contributed by atoms with van der Waals surface area (Å²) in [5.74, 6) is 0. The highest BCUT2D eigenvalue weighted by Crippen LogP contribution is 2.11. The fourth-order valence-corrected chi connectivity index (χ4v) is 1.14. The zero-order valence-corrected chi connectivity index (χ0v) is 7.33. The van der Waals surface area contributed by atoms with E-state index < -0.39 is 0 Å². The molecule has 0 N–H and O–H groups in total. The second kappa shape index (κ2) is 3.73. The van der Waals surface area contributed by atoms with Crippen molar-refractivity contribution in [3.05, 3.63) is 41.0 Å². The van der Waals surface area contributed by atoms with Crippen molar-refractivity contribution >= 4 is 6.08 Å². The molecule has 0 aliphatic heterocycles. The van der Waals surface area contributed by atoms with Gasteiger partial charge in [-0.15, -0.1) is 0 Å². The second-order valence-electron chi connectivity index (χ2n) is 2.82. The molecule has 12 heavy (non-hydrogen) atoms. The van der Waals surface area contributed by atoms with Crippen LogP contribution in [0.3, 0.4) is 0 Å². The topological polar surface area (TPSA) is 23.8 Å². The highest BCUT2D eigenvalue weighted by molar-refractivity contribution is 5.56. The molecule has 0 aliphatic rings. The van der Waals surface area contributed by atoms with E-state index in [1.54, 1.807) is 0 Å². The van der Waals surface area contributed by atoms with Crippen LogP contribution >= 0.6 is 0 Å². The molecule has 0 radical (unpaired) electrons. The van der Waals surface area contributed by atoms with Crippen LogP contribution in [0.25, 0.3) is 6.08 Å². The number of hydrogen-bond donors (Lipinski definition) is 0. The Morgan fingerprint density at radius 2 is 2.08 bits per heavy atom. The second-order valence-corrected chi connectivity index (χ2v) is 2.82. The molecular formula is C11H11N. The Bertz CT molecular complexity index is 343. The minimum Gasteiger partial charge on any atom is -0.193 e. The normalized spacial score (nSPS) is 10.1. The van der Waals surface area contributed by atoms with E-state index >= 15 is 0 Å². The Labute approximate surface area is 73.0 Å². The van der Waals surface area contributed by atoms with Gasteiger partial charge in [0.25, 0.3) is 0 Å². The maximum absolute atomic E-state index is 8.34. The van der Waals surface area contributed by atoms with E-state index in [9.17, 15) is 0 Å². The molecule has 1 nitrogen and oxygen atoms in total. The summed E-state index contributed by atoms with van der Waals surface area (Å²) in [5.41, 5.74) is 3.57. The first kappa shape index (κ1) is 8.55. The van der Waals surface area contributed by atoms with Crippen LogP contribution in [-0.4, -0.2) is 0 Å². The van der Waals surface area contributed by atoms with Gasteiger partial charge in [0.05, 0.1) is 6.07 Å². The molecule has 0 amide bonds. The van der Waals surface area contributed by atoms with Crippen molar-refractivity contribution in [3.63, 3.8) is 0 Å². The summed E-state index contributed by atoms with van der Waals surface area (Å²) in [6.07, 6.45) is 3.33. The molecule has 0 spiro atoms. The molecule has 0 heterocycles. The average Bonchev–Trinajstić information content (AvgIpc) is 2.03. The highest BCUT2D eigenvalue weighted by Gasteiger charge is 1.92. The van der Waals surface area contributed by atoms with Crippen LogP contribution in [0.15, 0.2) is 24.3 Å². The molecule has 0 atom stereocenters. The number of nitriles is 1.